The second kappa shape index (κ2) is 7.11. The molecule has 0 spiro atoms. The summed E-state index contributed by atoms with van der Waals surface area (Å²) in [6, 6.07) is 11.8. The predicted octanol–water partition coefficient (Wildman–Crippen LogP) is 3.32. The van der Waals surface area contributed by atoms with Crippen molar-refractivity contribution in [3.05, 3.63) is 36.4 Å². The Morgan fingerprint density at radius 1 is 1.21 bits per heavy atom. The lowest BCUT2D eigenvalue weighted by molar-refractivity contribution is 0.894. The van der Waals surface area contributed by atoms with Gasteiger partial charge in [-0.2, -0.15) is 0 Å². The van der Waals surface area contributed by atoms with Crippen LogP contribution in [0.5, 0.6) is 0 Å². The Morgan fingerprint density at radius 3 is 2.68 bits per heavy atom. The second-order valence-electron chi connectivity index (χ2n) is 4.13. The fraction of sp³-hybridized carbons (Fsp3) is 0.286. The summed E-state index contributed by atoms with van der Waals surface area (Å²) in [6.45, 7) is 2.18. The van der Waals surface area contributed by atoms with Crippen molar-refractivity contribution in [1.82, 2.24) is 9.97 Å². The largest absolute Gasteiger partial charge is 0.308 e. The molecule has 2 rings (SSSR count). The van der Waals surface area contributed by atoms with Crippen LogP contribution < -0.4 is 11.3 Å². The van der Waals surface area contributed by atoms with Crippen molar-refractivity contribution >= 4 is 17.6 Å². The molecule has 100 valence electrons. The van der Waals surface area contributed by atoms with E-state index in [0.29, 0.717) is 11.6 Å². The second-order valence-corrected chi connectivity index (χ2v) is 5.24. The van der Waals surface area contributed by atoms with Crippen LogP contribution >= 0.6 is 11.8 Å². The SMILES string of the molecule is CCCCSc1cc(NN)nc(-c2ccccc2)n1. The van der Waals surface area contributed by atoms with Crippen LogP contribution in [0.4, 0.5) is 5.82 Å². The molecule has 0 saturated heterocycles. The predicted molar refractivity (Wildman–Crippen MR) is 80.9 cm³/mol. The van der Waals surface area contributed by atoms with Crippen LogP contribution in [-0.2, 0) is 0 Å². The average molecular weight is 274 g/mol. The van der Waals surface area contributed by atoms with E-state index in [1.807, 2.05) is 36.4 Å². The lowest BCUT2D eigenvalue weighted by atomic mass is 10.2. The summed E-state index contributed by atoms with van der Waals surface area (Å²) in [4.78, 5) is 8.97. The van der Waals surface area contributed by atoms with Crippen LogP contribution in [0, 0.1) is 0 Å². The fourth-order valence-corrected chi connectivity index (χ4v) is 2.60. The van der Waals surface area contributed by atoms with Crippen molar-refractivity contribution in [3.63, 3.8) is 0 Å². The number of thioether (sulfide) groups is 1. The third-order valence-corrected chi connectivity index (χ3v) is 3.63. The van der Waals surface area contributed by atoms with E-state index in [2.05, 4.69) is 22.3 Å². The number of hydrazine groups is 1. The Balaban J connectivity index is 2.26. The molecule has 0 unspecified atom stereocenters. The molecule has 1 heterocycles. The van der Waals surface area contributed by atoms with Crippen molar-refractivity contribution in [2.75, 3.05) is 11.2 Å². The van der Waals surface area contributed by atoms with Crippen LogP contribution in [0.1, 0.15) is 19.8 Å². The molecule has 0 aliphatic carbocycles. The van der Waals surface area contributed by atoms with Crippen LogP contribution in [0.15, 0.2) is 41.4 Å². The third kappa shape index (κ3) is 3.94. The van der Waals surface area contributed by atoms with Gasteiger partial charge in [0.05, 0.1) is 0 Å². The Hall–Kier alpha value is -1.59. The van der Waals surface area contributed by atoms with Gasteiger partial charge in [-0.25, -0.2) is 15.8 Å². The van der Waals surface area contributed by atoms with Crippen molar-refractivity contribution in [2.45, 2.75) is 24.8 Å². The van der Waals surface area contributed by atoms with Gasteiger partial charge in [0.15, 0.2) is 5.82 Å². The summed E-state index contributed by atoms with van der Waals surface area (Å²) in [5.41, 5.74) is 3.60. The van der Waals surface area contributed by atoms with Crippen LogP contribution in [0.2, 0.25) is 0 Å². The van der Waals surface area contributed by atoms with Gasteiger partial charge in [0.1, 0.15) is 10.8 Å². The van der Waals surface area contributed by atoms with E-state index in [9.17, 15) is 0 Å². The van der Waals surface area contributed by atoms with Crippen LogP contribution in [0.3, 0.4) is 0 Å². The van der Waals surface area contributed by atoms with E-state index in [0.717, 1.165) is 16.3 Å². The molecule has 2 aromatic rings. The summed E-state index contributed by atoms with van der Waals surface area (Å²) in [7, 11) is 0. The minimum atomic E-state index is 0.646. The van der Waals surface area contributed by atoms with Gasteiger partial charge < -0.3 is 5.43 Å². The maximum Gasteiger partial charge on any atom is 0.162 e. The molecular formula is C14H18N4S. The van der Waals surface area contributed by atoms with E-state index in [-0.39, 0.29) is 0 Å². The lowest BCUT2D eigenvalue weighted by Gasteiger charge is -2.07. The highest BCUT2D eigenvalue weighted by molar-refractivity contribution is 7.99. The van der Waals surface area contributed by atoms with Crippen LogP contribution in [0.25, 0.3) is 11.4 Å². The summed E-state index contributed by atoms with van der Waals surface area (Å²) in [5.74, 6) is 7.88. The molecule has 3 N–H and O–H groups in total. The highest BCUT2D eigenvalue weighted by Crippen LogP contribution is 2.23. The number of rotatable bonds is 6. The number of aromatic nitrogens is 2. The molecule has 0 aliphatic heterocycles. The van der Waals surface area contributed by atoms with Gasteiger partial charge in [-0.1, -0.05) is 43.7 Å². The highest BCUT2D eigenvalue weighted by Gasteiger charge is 2.06. The van der Waals surface area contributed by atoms with E-state index < -0.39 is 0 Å². The molecule has 0 amide bonds. The van der Waals surface area contributed by atoms with Crippen molar-refractivity contribution < 1.29 is 0 Å². The van der Waals surface area contributed by atoms with Crippen molar-refractivity contribution in [2.24, 2.45) is 5.84 Å². The first kappa shape index (κ1) is 13.8. The Bertz CT molecular complexity index is 516. The van der Waals surface area contributed by atoms with Gasteiger partial charge in [-0.3, -0.25) is 0 Å². The van der Waals surface area contributed by atoms with E-state index in [1.54, 1.807) is 11.8 Å². The third-order valence-electron chi connectivity index (χ3n) is 2.63. The highest BCUT2D eigenvalue weighted by atomic mass is 32.2. The number of hydrogen-bond donors (Lipinski definition) is 2. The summed E-state index contributed by atoms with van der Waals surface area (Å²) < 4.78 is 0. The number of benzene rings is 1. The number of anilines is 1. The number of unbranched alkanes of at least 4 members (excludes halogenated alkanes) is 1. The minimum Gasteiger partial charge on any atom is -0.308 e. The average Bonchev–Trinajstić information content (AvgIpc) is 2.48. The van der Waals surface area contributed by atoms with E-state index in [1.165, 1.54) is 12.8 Å². The number of nitrogen functional groups attached to an aromatic ring is 1. The molecule has 0 radical (unpaired) electrons. The van der Waals surface area contributed by atoms with E-state index >= 15 is 0 Å². The molecule has 19 heavy (non-hydrogen) atoms. The quantitative estimate of drug-likeness (QED) is 0.278. The number of hydrogen-bond acceptors (Lipinski definition) is 5. The first-order chi connectivity index (χ1) is 9.33. The first-order valence-corrected chi connectivity index (χ1v) is 7.36. The van der Waals surface area contributed by atoms with Gasteiger partial charge in [0.2, 0.25) is 0 Å². The molecular weight excluding hydrogens is 256 g/mol. The standard InChI is InChI=1S/C14H18N4S/c1-2-3-9-19-13-10-12(18-15)16-14(17-13)11-7-5-4-6-8-11/h4-8,10H,2-3,9,15H2,1H3,(H,16,17,18). The van der Waals surface area contributed by atoms with E-state index in [4.69, 9.17) is 5.84 Å². The zero-order valence-electron chi connectivity index (χ0n) is 11.0. The molecule has 0 fully saturated rings. The monoisotopic (exact) mass is 274 g/mol. The normalized spacial score (nSPS) is 10.4. The number of nitrogens with two attached hydrogens (primary N) is 1. The number of nitrogens with one attached hydrogen (secondary N) is 1. The molecule has 0 aliphatic rings. The molecule has 0 saturated carbocycles. The maximum atomic E-state index is 5.47. The molecule has 0 atom stereocenters. The molecule has 5 heteroatoms. The Morgan fingerprint density at radius 2 is 2.00 bits per heavy atom. The molecule has 1 aromatic heterocycles. The Labute approximate surface area is 117 Å². The van der Waals surface area contributed by atoms with Gasteiger partial charge in [0.25, 0.3) is 0 Å². The Kier molecular flexibility index (Phi) is 5.18. The zero-order valence-corrected chi connectivity index (χ0v) is 11.8. The van der Waals surface area contributed by atoms with Gasteiger partial charge in [-0.15, -0.1) is 11.8 Å². The smallest absolute Gasteiger partial charge is 0.162 e. The van der Waals surface area contributed by atoms with Crippen molar-refractivity contribution in [1.29, 1.82) is 0 Å². The summed E-state index contributed by atoms with van der Waals surface area (Å²) in [5, 5.41) is 0.954. The molecule has 1 aromatic carbocycles. The van der Waals surface area contributed by atoms with Crippen molar-refractivity contribution in [3.8, 4) is 11.4 Å². The molecule has 4 nitrogen and oxygen atoms in total. The lowest BCUT2D eigenvalue weighted by Crippen LogP contribution is -2.09. The first-order valence-electron chi connectivity index (χ1n) is 6.37. The minimum absolute atomic E-state index is 0.646. The topological polar surface area (TPSA) is 63.8 Å². The summed E-state index contributed by atoms with van der Waals surface area (Å²) >= 11 is 1.74. The molecule has 0 bridgehead atoms. The zero-order chi connectivity index (χ0) is 13.5. The van der Waals surface area contributed by atoms with Gasteiger partial charge in [-0.05, 0) is 12.2 Å². The summed E-state index contributed by atoms with van der Waals surface area (Å²) in [6.07, 6.45) is 2.37. The van der Waals surface area contributed by atoms with Gasteiger partial charge >= 0.3 is 0 Å². The van der Waals surface area contributed by atoms with Gasteiger partial charge in [0, 0.05) is 11.6 Å². The fourth-order valence-electron chi connectivity index (χ4n) is 1.61. The number of nitrogens with zero attached hydrogens (tertiary/aromatic N) is 2. The maximum absolute atomic E-state index is 5.47. The van der Waals surface area contributed by atoms with Crippen LogP contribution in [-0.4, -0.2) is 15.7 Å².